The van der Waals surface area contributed by atoms with Gasteiger partial charge in [0.2, 0.25) is 0 Å². The molecule has 0 saturated carbocycles. The molecule has 0 unspecified atom stereocenters. The SMILES string of the molecule is CC.COC(C)(C)c1ccccc1.c1ccc2c(c1)Cc1ccccc1-2. The van der Waals surface area contributed by atoms with Crippen LogP contribution in [0, 0.1) is 0 Å². The first-order chi connectivity index (χ1) is 12.6. The van der Waals surface area contributed by atoms with Crippen LogP contribution >= 0.6 is 0 Å². The summed E-state index contributed by atoms with van der Waals surface area (Å²) in [4.78, 5) is 0. The van der Waals surface area contributed by atoms with Gasteiger partial charge >= 0.3 is 0 Å². The zero-order valence-electron chi connectivity index (χ0n) is 16.6. The van der Waals surface area contributed by atoms with Crippen LogP contribution in [0.15, 0.2) is 78.9 Å². The molecule has 0 heterocycles. The highest BCUT2D eigenvalue weighted by atomic mass is 16.5. The molecule has 0 bridgehead atoms. The summed E-state index contributed by atoms with van der Waals surface area (Å²) in [6, 6.07) is 27.5. The van der Waals surface area contributed by atoms with E-state index in [-0.39, 0.29) is 5.60 Å². The average molecular weight is 347 g/mol. The molecular formula is C25H30O. The molecule has 0 saturated heterocycles. The summed E-state index contributed by atoms with van der Waals surface area (Å²) >= 11 is 0. The highest BCUT2D eigenvalue weighted by molar-refractivity contribution is 5.76. The fourth-order valence-corrected chi connectivity index (χ4v) is 3.04. The Bertz CT molecular complexity index is 760. The minimum Gasteiger partial charge on any atom is -0.374 e. The Labute approximate surface area is 158 Å². The van der Waals surface area contributed by atoms with Crippen molar-refractivity contribution in [3.63, 3.8) is 0 Å². The van der Waals surface area contributed by atoms with Crippen molar-refractivity contribution in [2.45, 2.75) is 39.7 Å². The Morgan fingerprint density at radius 2 is 1.08 bits per heavy atom. The smallest absolute Gasteiger partial charge is 0.0871 e. The summed E-state index contributed by atoms with van der Waals surface area (Å²) in [5.74, 6) is 0. The van der Waals surface area contributed by atoms with Crippen molar-refractivity contribution >= 4 is 0 Å². The normalized spacial score (nSPS) is 11.3. The van der Waals surface area contributed by atoms with Gasteiger partial charge in [-0.15, -0.1) is 0 Å². The summed E-state index contributed by atoms with van der Waals surface area (Å²) in [5.41, 5.74) is 6.80. The van der Waals surface area contributed by atoms with Crippen LogP contribution in [0.5, 0.6) is 0 Å². The van der Waals surface area contributed by atoms with Crippen molar-refractivity contribution in [2.24, 2.45) is 0 Å². The zero-order chi connectivity index (χ0) is 19.0. The molecule has 26 heavy (non-hydrogen) atoms. The lowest BCUT2D eigenvalue weighted by molar-refractivity contribution is 0.0192. The molecule has 0 radical (unpaired) electrons. The molecule has 1 heteroatoms. The predicted molar refractivity (Wildman–Crippen MR) is 113 cm³/mol. The molecule has 0 fully saturated rings. The van der Waals surface area contributed by atoms with Crippen LogP contribution in [0.4, 0.5) is 0 Å². The van der Waals surface area contributed by atoms with E-state index < -0.39 is 0 Å². The molecule has 3 aromatic carbocycles. The van der Waals surface area contributed by atoms with Gasteiger partial charge in [-0.2, -0.15) is 0 Å². The first-order valence-electron chi connectivity index (χ1n) is 9.38. The third-order valence-corrected chi connectivity index (χ3v) is 4.69. The lowest BCUT2D eigenvalue weighted by Gasteiger charge is -2.22. The molecule has 0 aliphatic heterocycles. The number of methoxy groups -OCH3 is 1. The Kier molecular flexibility index (Phi) is 7.17. The Morgan fingerprint density at radius 3 is 1.54 bits per heavy atom. The molecule has 0 atom stereocenters. The Hall–Kier alpha value is -2.38. The molecule has 136 valence electrons. The first kappa shape index (κ1) is 19.9. The monoisotopic (exact) mass is 346 g/mol. The first-order valence-corrected chi connectivity index (χ1v) is 9.38. The van der Waals surface area contributed by atoms with E-state index in [1.54, 1.807) is 7.11 Å². The maximum atomic E-state index is 5.32. The van der Waals surface area contributed by atoms with Crippen molar-refractivity contribution in [2.75, 3.05) is 7.11 Å². The van der Waals surface area contributed by atoms with Gasteiger partial charge < -0.3 is 4.74 Å². The molecule has 0 aromatic heterocycles. The van der Waals surface area contributed by atoms with Crippen LogP contribution in [0.1, 0.15) is 44.4 Å². The van der Waals surface area contributed by atoms with E-state index in [0.29, 0.717) is 0 Å². The highest BCUT2D eigenvalue weighted by Gasteiger charge is 2.18. The van der Waals surface area contributed by atoms with Gasteiger partial charge in [0.05, 0.1) is 5.60 Å². The van der Waals surface area contributed by atoms with Crippen molar-refractivity contribution in [1.29, 1.82) is 0 Å². The van der Waals surface area contributed by atoms with E-state index in [2.05, 4.69) is 74.5 Å². The number of rotatable bonds is 2. The Balaban J connectivity index is 0.000000174. The molecule has 4 rings (SSSR count). The second-order valence-electron chi connectivity index (χ2n) is 6.57. The van der Waals surface area contributed by atoms with E-state index in [9.17, 15) is 0 Å². The molecule has 1 aliphatic carbocycles. The molecule has 1 aliphatic rings. The van der Waals surface area contributed by atoms with Crippen molar-refractivity contribution in [1.82, 2.24) is 0 Å². The lowest BCUT2D eigenvalue weighted by atomic mass is 9.98. The lowest BCUT2D eigenvalue weighted by Crippen LogP contribution is -2.18. The molecule has 0 N–H and O–H groups in total. The quantitative estimate of drug-likeness (QED) is 0.385. The van der Waals surface area contributed by atoms with Crippen molar-refractivity contribution < 1.29 is 4.74 Å². The molecule has 0 amide bonds. The summed E-state index contributed by atoms with van der Waals surface area (Å²) in [5, 5.41) is 0. The minimum absolute atomic E-state index is 0.165. The van der Waals surface area contributed by atoms with Gasteiger partial charge in [0.25, 0.3) is 0 Å². The zero-order valence-corrected chi connectivity index (χ0v) is 16.6. The number of benzene rings is 3. The summed E-state index contributed by atoms with van der Waals surface area (Å²) < 4.78 is 5.32. The summed E-state index contributed by atoms with van der Waals surface area (Å²) in [7, 11) is 1.73. The largest absolute Gasteiger partial charge is 0.374 e. The summed E-state index contributed by atoms with van der Waals surface area (Å²) in [6.07, 6.45) is 1.10. The predicted octanol–water partition coefficient (Wildman–Crippen LogP) is 6.85. The molecule has 1 nitrogen and oxygen atoms in total. The van der Waals surface area contributed by atoms with Gasteiger partial charge in [0.1, 0.15) is 0 Å². The second-order valence-corrected chi connectivity index (χ2v) is 6.57. The Morgan fingerprint density at radius 1 is 0.654 bits per heavy atom. The van der Waals surface area contributed by atoms with E-state index in [0.717, 1.165) is 6.42 Å². The van der Waals surface area contributed by atoms with Crippen LogP contribution in [0.2, 0.25) is 0 Å². The van der Waals surface area contributed by atoms with E-state index in [1.807, 2.05) is 32.0 Å². The fraction of sp³-hybridized carbons (Fsp3) is 0.280. The van der Waals surface area contributed by atoms with E-state index >= 15 is 0 Å². The topological polar surface area (TPSA) is 9.23 Å². The van der Waals surface area contributed by atoms with Crippen molar-refractivity contribution in [3.05, 3.63) is 95.6 Å². The van der Waals surface area contributed by atoms with Crippen LogP contribution in [0.3, 0.4) is 0 Å². The highest BCUT2D eigenvalue weighted by Crippen LogP contribution is 2.35. The second kappa shape index (κ2) is 9.35. The van der Waals surface area contributed by atoms with Crippen LogP contribution < -0.4 is 0 Å². The number of fused-ring (bicyclic) bond motifs is 3. The fourth-order valence-electron chi connectivity index (χ4n) is 3.04. The number of hydrogen-bond donors (Lipinski definition) is 0. The third kappa shape index (κ3) is 4.62. The standard InChI is InChI=1S/C13H10.C10H14O.C2H6/c1-3-7-12-10(5-1)9-11-6-2-4-8-13(11)12;1-10(2,11-3)9-7-5-4-6-8-9;1-2/h1-8H,9H2;4-8H,1-3H3;1-2H3. The molecular weight excluding hydrogens is 316 g/mol. The minimum atomic E-state index is -0.165. The number of hydrogen-bond acceptors (Lipinski definition) is 1. The van der Waals surface area contributed by atoms with Crippen LogP contribution in [0.25, 0.3) is 11.1 Å². The van der Waals surface area contributed by atoms with Gasteiger partial charge in [-0.1, -0.05) is 92.7 Å². The van der Waals surface area contributed by atoms with Gasteiger partial charge in [0, 0.05) is 7.11 Å². The van der Waals surface area contributed by atoms with Crippen LogP contribution in [-0.4, -0.2) is 7.11 Å². The molecule has 0 spiro atoms. The maximum absolute atomic E-state index is 5.32. The number of ether oxygens (including phenoxy) is 1. The van der Waals surface area contributed by atoms with Gasteiger partial charge in [-0.25, -0.2) is 0 Å². The third-order valence-electron chi connectivity index (χ3n) is 4.69. The van der Waals surface area contributed by atoms with Crippen LogP contribution in [-0.2, 0) is 16.8 Å². The van der Waals surface area contributed by atoms with Crippen molar-refractivity contribution in [3.8, 4) is 11.1 Å². The average Bonchev–Trinajstić information content (AvgIpc) is 3.09. The maximum Gasteiger partial charge on any atom is 0.0871 e. The van der Waals surface area contributed by atoms with E-state index in [1.165, 1.54) is 27.8 Å². The molecule has 3 aromatic rings. The van der Waals surface area contributed by atoms with Gasteiger partial charge in [-0.3, -0.25) is 0 Å². The van der Waals surface area contributed by atoms with E-state index in [4.69, 9.17) is 4.74 Å². The van der Waals surface area contributed by atoms with Gasteiger partial charge in [-0.05, 0) is 48.1 Å². The summed E-state index contributed by atoms with van der Waals surface area (Å²) in [6.45, 7) is 8.12. The van der Waals surface area contributed by atoms with Gasteiger partial charge in [0.15, 0.2) is 0 Å².